The Kier molecular flexibility index (Phi) is 3.17. The molecule has 0 fully saturated rings. The molecule has 7 nitrogen and oxygen atoms in total. The molecule has 2 aromatic heterocycles. The van der Waals surface area contributed by atoms with Gasteiger partial charge in [0.2, 0.25) is 0 Å². The zero-order valence-electron chi connectivity index (χ0n) is 9.58. The lowest BCUT2D eigenvalue weighted by Gasteiger charge is -1.99. The average molecular weight is 236 g/mol. The van der Waals surface area contributed by atoms with Gasteiger partial charge in [-0.2, -0.15) is 0 Å². The summed E-state index contributed by atoms with van der Waals surface area (Å²) < 4.78 is 11.3. The van der Waals surface area contributed by atoms with Gasteiger partial charge in [-0.1, -0.05) is 5.21 Å². The lowest BCUT2D eigenvalue weighted by Crippen LogP contribution is -2.13. The lowest BCUT2D eigenvalue weighted by molar-refractivity contribution is -0.144. The zero-order chi connectivity index (χ0) is 12.3. The number of carbonyl (C=O) groups is 1. The van der Waals surface area contributed by atoms with Crippen LogP contribution in [0.5, 0.6) is 0 Å². The third-order valence-electron chi connectivity index (χ3n) is 2.12. The van der Waals surface area contributed by atoms with Crippen molar-refractivity contribution in [2.45, 2.75) is 20.4 Å². The number of hydrogen-bond acceptors (Lipinski definition) is 6. The summed E-state index contributed by atoms with van der Waals surface area (Å²) in [6.07, 6.45) is 2.97. The molecule has 17 heavy (non-hydrogen) atoms. The van der Waals surface area contributed by atoms with E-state index in [1.165, 1.54) is 11.1 Å². The highest BCUT2D eigenvalue weighted by atomic mass is 16.5. The monoisotopic (exact) mass is 236 g/mol. The quantitative estimate of drug-likeness (QED) is 0.730. The van der Waals surface area contributed by atoms with Gasteiger partial charge in [-0.15, -0.1) is 5.10 Å². The van der Waals surface area contributed by atoms with Crippen molar-refractivity contribution in [3.8, 4) is 11.4 Å². The highest BCUT2D eigenvalue weighted by Gasteiger charge is 2.12. The Morgan fingerprint density at radius 2 is 2.41 bits per heavy atom. The van der Waals surface area contributed by atoms with Crippen LogP contribution >= 0.6 is 0 Å². The van der Waals surface area contributed by atoms with Gasteiger partial charge in [0.15, 0.2) is 6.39 Å². The molecule has 0 spiro atoms. The second kappa shape index (κ2) is 4.77. The van der Waals surface area contributed by atoms with Crippen LogP contribution in [0, 0.1) is 6.92 Å². The van der Waals surface area contributed by atoms with E-state index in [2.05, 4.69) is 15.3 Å². The molecular weight excluding hydrogens is 224 g/mol. The minimum atomic E-state index is -0.346. The van der Waals surface area contributed by atoms with Crippen molar-refractivity contribution in [1.82, 2.24) is 20.0 Å². The Bertz CT molecular complexity index is 517. The summed E-state index contributed by atoms with van der Waals surface area (Å²) in [4.78, 5) is 15.2. The summed E-state index contributed by atoms with van der Waals surface area (Å²) in [7, 11) is 0. The molecule has 0 aromatic carbocycles. The molecule has 0 atom stereocenters. The van der Waals surface area contributed by atoms with Crippen LogP contribution in [-0.2, 0) is 16.1 Å². The molecule has 0 aliphatic heterocycles. The van der Waals surface area contributed by atoms with E-state index < -0.39 is 0 Å². The summed E-state index contributed by atoms with van der Waals surface area (Å²) in [6.45, 7) is 3.93. The minimum Gasteiger partial charge on any atom is -0.465 e. The van der Waals surface area contributed by atoms with Crippen LogP contribution in [0.3, 0.4) is 0 Å². The van der Waals surface area contributed by atoms with Crippen LogP contribution in [-0.4, -0.2) is 32.6 Å². The summed E-state index contributed by atoms with van der Waals surface area (Å²) in [5, 5.41) is 7.74. The molecule has 0 saturated heterocycles. The van der Waals surface area contributed by atoms with E-state index in [9.17, 15) is 4.79 Å². The average Bonchev–Trinajstić information content (AvgIpc) is 2.87. The molecule has 2 aromatic rings. The molecule has 0 unspecified atom stereocenters. The van der Waals surface area contributed by atoms with Crippen LogP contribution in [0.15, 0.2) is 17.0 Å². The van der Waals surface area contributed by atoms with Crippen LogP contribution in [0.2, 0.25) is 0 Å². The lowest BCUT2D eigenvalue weighted by atomic mass is 10.3. The van der Waals surface area contributed by atoms with Gasteiger partial charge in [0, 0.05) is 0 Å². The Morgan fingerprint density at radius 3 is 3.06 bits per heavy atom. The van der Waals surface area contributed by atoms with Crippen molar-refractivity contribution in [1.29, 1.82) is 0 Å². The first-order chi connectivity index (χ1) is 8.20. The largest absolute Gasteiger partial charge is 0.465 e. The Labute approximate surface area is 97.4 Å². The summed E-state index contributed by atoms with van der Waals surface area (Å²) in [5.74, 6) is 0.314. The van der Waals surface area contributed by atoms with E-state index in [-0.39, 0.29) is 12.5 Å². The standard InChI is InChI=1S/C10H12N4O3/c1-3-16-9(15)5-14-4-8(12-13-14)10-7(2)17-6-11-10/h4,6H,3,5H2,1-2H3. The third-order valence-corrected chi connectivity index (χ3v) is 2.12. The number of carbonyl (C=O) groups excluding carboxylic acids is 1. The number of aryl methyl sites for hydroxylation is 1. The zero-order valence-corrected chi connectivity index (χ0v) is 9.58. The number of esters is 1. The van der Waals surface area contributed by atoms with Crippen molar-refractivity contribution in [3.05, 3.63) is 18.4 Å². The molecule has 90 valence electrons. The second-order valence-electron chi connectivity index (χ2n) is 3.36. The van der Waals surface area contributed by atoms with Crippen molar-refractivity contribution in [2.75, 3.05) is 6.61 Å². The maximum absolute atomic E-state index is 11.2. The summed E-state index contributed by atoms with van der Waals surface area (Å²) in [5.41, 5.74) is 1.20. The van der Waals surface area contributed by atoms with Crippen molar-refractivity contribution < 1.29 is 13.9 Å². The maximum atomic E-state index is 11.2. The van der Waals surface area contributed by atoms with Gasteiger partial charge in [0.1, 0.15) is 23.7 Å². The van der Waals surface area contributed by atoms with E-state index in [0.29, 0.717) is 23.8 Å². The predicted octanol–water partition coefficient (Wildman–Crippen LogP) is 0.805. The van der Waals surface area contributed by atoms with Gasteiger partial charge in [0.05, 0.1) is 12.8 Å². The number of oxazole rings is 1. The van der Waals surface area contributed by atoms with Crippen molar-refractivity contribution in [3.63, 3.8) is 0 Å². The van der Waals surface area contributed by atoms with E-state index in [1.807, 2.05) is 0 Å². The molecule has 2 heterocycles. The molecule has 0 amide bonds. The molecule has 0 radical (unpaired) electrons. The first-order valence-electron chi connectivity index (χ1n) is 5.17. The Balaban J connectivity index is 2.11. The molecule has 0 N–H and O–H groups in total. The topological polar surface area (TPSA) is 83.0 Å². The van der Waals surface area contributed by atoms with E-state index in [0.717, 1.165) is 0 Å². The maximum Gasteiger partial charge on any atom is 0.327 e. The van der Waals surface area contributed by atoms with Crippen molar-refractivity contribution >= 4 is 5.97 Å². The number of nitrogens with zero attached hydrogens (tertiary/aromatic N) is 4. The first kappa shape index (κ1) is 11.3. The highest BCUT2D eigenvalue weighted by molar-refractivity contribution is 5.69. The summed E-state index contributed by atoms with van der Waals surface area (Å²) >= 11 is 0. The van der Waals surface area contributed by atoms with E-state index in [4.69, 9.17) is 9.15 Å². The normalized spacial score (nSPS) is 10.5. The molecule has 0 aliphatic carbocycles. The van der Waals surface area contributed by atoms with Gasteiger partial charge in [-0.25, -0.2) is 9.67 Å². The fourth-order valence-electron chi connectivity index (χ4n) is 1.37. The van der Waals surface area contributed by atoms with Gasteiger partial charge < -0.3 is 9.15 Å². The fourth-order valence-corrected chi connectivity index (χ4v) is 1.37. The highest BCUT2D eigenvalue weighted by Crippen LogP contribution is 2.17. The number of hydrogen-bond donors (Lipinski definition) is 0. The number of rotatable bonds is 4. The minimum absolute atomic E-state index is 0.0394. The van der Waals surface area contributed by atoms with Gasteiger partial charge in [-0.3, -0.25) is 4.79 Å². The molecule has 0 aliphatic rings. The Hall–Kier alpha value is -2.18. The molecule has 0 saturated carbocycles. The molecular formula is C10H12N4O3. The predicted molar refractivity (Wildman–Crippen MR) is 56.9 cm³/mol. The van der Waals surface area contributed by atoms with Crippen LogP contribution in [0.25, 0.3) is 11.4 Å². The van der Waals surface area contributed by atoms with Crippen LogP contribution in [0.1, 0.15) is 12.7 Å². The smallest absolute Gasteiger partial charge is 0.327 e. The Morgan fingerprint density at radius 1 is 1.59 bits per heavy atom. The SMILES string of the molecule is CCOC(=O)Cn1cc(-c2ncoc2C)nn1. The third kappa shape index (κ3) is 2.49. The fraction of sp³-hybridized carbons (Fsp3) is 0.400. The van der Waals surface area contributed by atoms with Crippen LogP contribution in [0.4, 0.5) is 0 Å². The number of ether oxygens (including phenoxy) is 1. The van der Waals surface area contributed by atoms with Gasteiger partial charge in [-0.05, 0) is 13.8 Å². The number of aromatic nitrogens is 4. The first-order valence-corrected chi connectivity index (χ1v) is 5.17. The van der Waals surface area contributed by atoms with Crippen LogP contribution < -0.4 is 0 Å². The van der Waals surface area contributed by atoms with Crippen molar-refractivity contribution in [2.24, 2.45) is 0 Å². The molecule has 2 rings (SSSR count). The summed E-state index contributed by atoms with van der Waals surface area (Å²) in [6, 6.07) is 0. The second-order valence-corrected chi connectivity index (χ2v) is 3.36. The van der Waals surface area contributed by atoms with E-state index in [1.54, 1.807) is 20.0 Å². The molecule has 7 heteroatoms. The van der Waals surface area contributed by atoms with Gasteiger partial charge in [0.25, 0.3) is 0 Å². The molecule has 0 bridgehead atoms. The van der Waals surface area contributed by atoms with Gasteiger partial charge >= 0.3 is 5.97 Å². The van der Waals surface area contributed by atoms with E-state index >= 15 is 0 Å².